The molecule has 15 heavy (non-hydrogen) atoms. The lowest BCUT2D eigenvalue weighted by Gasteiger charge is -2.07. The van der Waals surface area contributed by atoms with Crippen LogP contribution >= 0.6 is 11.6 Å². The van der Waals surface area contributed by atoms with E-state index < -0.39 is 12.8 Å². The van der Waals surface area contributed by atoms with Crippen molar-refractivity contribution in [1.82, 2.24) is 5.32 Å². The predicted molar refractivity (Wildman–Crippen MR) is 54.3 cm³/mol. The SMILES string of the molecule is FC(F)(F)COCCCNCCCCCl. The summed E-state index contributed by atoms with van der Waals surface area (Å²) < 4.78 is 39.3. The molecule has 0 aromatic heterocycles. The Kier molecular flexibility index (Phi) is 9.24. The van der Waals surface area contributed by atoms with E-state index >= 15 is 0 Å². The Hall–Kier alpha value is 0. The smallest absolute Gasteiger partial charge is 0.372 e. The fraction of sp³-hybridized carbons (Fsp3) is 1.00. The summed E-state index contributed by atoms with van der Waals surface area (Å²) in [6, 6.07) is 0. The highest BCUT2D eigenvalue weighted by Gasteiger charge is 2.26. The first-order chi connectivity index (χ1) is 7.06. The second-order valence-corrected chi connectivity index (χ2v) is 3.55. The zero-order chi connectivity index (χ0) is 11.6. The van der Waals surface area contributed by atoms with Gasteiger partial charge in [-0.05, 0) is 32.4 Å². The second-order valence-electron chi connectivity index (χ2n) is 3.17. The maximum absolute atomic E-state index is 11.6. The topological polar surface area (TPSA) is 21.3 Å². The highest BCUT2D eigenvalue weighted by atomic mass is 35.5. The van der Waals surface area contributed by atoms with Crippen LogP contribution in [0.2, 0.25) is 0 Å². The number of hydrogen-bond acceptors (Lipinski definition) is 2. The Morgan fingerprint density at radius 1 is 1.07 bits per heavy atom. The molecule has 0 radical (unpaired) electrons. The number of unbranched alkanes of at least 4 members (excludes halogenated alkanes) is 1. The highest BCUT2D eigenvalue weighted by Crippen LogP contribution is 2.14. The first-order valence-electron chi connectivity index (χ1n) is 4.97. The minimum Gasteiger partial charge on any atom is -0.372 e. The molecule has 0 bridgehead atoms. The van der Waals surface area contributed by atoms with Crippen molar-refractivity contribution >= 4 is 11.6 Å². The first kappa shape index (κ1) is 15.0. The molecule has 92 valence electrons. The number of rotatable bonds is 9. The van der Waals surface area contributed by atoms with Gasteiger partial charge in [0.25, 0.3) is 0 Å². The molecule has 0 spiro atoms. The molecule has 0 atom stereocenters. The van der Waals surface area contributed by atoms with E-state index in [2.05, 4.69) is 10.1 Å². The van der Waals surface area contributed by atoms with Gasteiger partial charge < -0.3 is 10.1 Å². The molecule has 0 aliphatic carbocycles. The van der Waals surface area contributed by atoms with Crippen LogP contribution in [0.15, 0.2) is 0 Å². The summed E-state index contributed by atoms with van der Waals surface area (Å²) in [7, 11) is 0. The molecule has 1 N–H and O–H groups in total. The van der Waals surface area contributed by atoms with Gasteiger partial charge in [0.1, 0.15) is 6.61 Å². The minimum atomic E-state index is -4.21. The zero-order valence-corrected chi connectivity index (χ0v) is 9.33. The third-order valence-corrected chi connectivity index (χ3v) is 1.91. The molecule has 6 heteroatoms. The van der Waals surface area contributed by atoms with Crippen molar-refractivity contribution < 1.29 is 17.9 Å². The predicted octanol–water partition coefficient (Wildman–Crippen LogP) is 2.56. The molecule has 0 fully saturated rings. The van der Waals surface area contributed by atoms with Gasteiger partial charge in [0.15, 0.2) is 0 Å². The summed E-state index contributed by atoms with van der Waals surface area (Å²) in [6.45, 7) is 0.521. The Morgan fingerprint density at radius 2 is 1.73 bits per heavy atom. The summed E-state index contributed by atoms with van der Waals surface area (Å²) in [5.41, 5.74) is 0. The van der Waals surface area contributed by atoms with Crippen LogP contribution in [-0.2, 0) is 4.74 Å². The van der Waals surface area contributed by atoms with E-state index in [0.29, 0.717) is 18.8 Å². The van der Waals surface area contributed by atoms with Crippen LogP contribution < -0.4 is 5.32 Å². The van der Waals surface area contributed by atoms with Gasteiger partial charge in [-0.2, -0.15) is 13.2 Å². The van der Waals surface area contributed by atoms with E-state index in [9.17, 15) is 13.2 Å². The van der Waals surface area contributed by atoms with Crippen molar-refractivity contribution in [2.24, 2.45) is 0 Å². The van der Waals surface area contributed by atoms with E-state index in [4.69, 9.17) is 11.6 Å². The van der Waals surface area contributed by atoms with Crippen LogP contribution in [0.25, 0.3) is 0 Å². The van der Waals surface area contributed by atoms with Crippen LogP contribution in [0, 0.1) is 0 Å². The second kappa shape index (κ2) is 9.24. The number of hydrogen-bond donors (Lipinski definition) is 1. The lowest BCUT2D eigenvalue weighted by atomic mass is 10.3. The molecule has 0 aromatic carbocycles. The third kappa shape index (κ3) is 14.0. The van der Waals surface area contributed by atoms with Crippen LogP contribution in [0.5, 0.6) is 0 Å². The Labute approximate surface area is 93.1 Å². The standard InChI is InChI=1S/C9H17ClF3NO/c10-4-1-2-5-14-6-3-7-15-8-9(11,12)13/h14H,1-8H2. The monoisotopic (exact) mass is 247 g/mol. The van der Waals surface area contributed by atoms with E-state index in [0.717, 1.165) is 19.4 Å². The lowest BCUT2D eigenvalue weighted by Crippen LogP contribution is -2.21. The van der Waals surface area contributed by atoms with Gasteiger partial charge in [-0.3, -0.25) is 0 Å². The zero-order valence-electron chi connectivity index (χ0n) is 8.58. The van der Waals surface area contributed by atoms with Crippen LogP contribution in [0.1, 0.15) is 19.3 Å². The summed E-state index contributed by atoms with van der Waals surface area (Å²) in [5, 5.41) is 3.10. The number of halogens is 4. The van der Waals surface area contributed by atoms with Gasteiger partial charge in [-0.1, -0.05) is 0 Å². The molecule has 0 aliphatic heterocycles. The molecule has 0 saturated carbocycles. The molecular formula is C9H17ClF3NO. The van der Waals surface area contributed by atoms with E-state index in [1.54, 1.807) is 0 Å². The number of alkyl halides is 4. The van der Waals surface area contributed by atoms with Gasteiger partial charge in [-0.15, -0.1) is 11.6 Å². The summed E-state index contributed by atoms with van der Waals surface area (Å²) in [5.74, 6) is 0.649. The van der Waals surface area contributed by atoms with E-state index in [-0.39, 0.29) is 6.61 Å². The van der Waals surface area contributed by atoms with Gasteiger partial charge >= 0.3 is 6.18 Å². The normalized spacial score (nSPS) is 12.0. The average molecular weight is 248 g/mol. The molecule has 2 nitrogen and oxygen atoms in total. The van der Waals surface area contributed by atoms with Crippen molar-refractivity contribution in [1.29, 1.82) is 0 Å². The van der Waals surface area contributed by atoms with E-state index in [1.807, 2.05) is 0 Å². The van der Waals surface area contributed by atoms with E-state index in [1.165, 1.54) is 0 Å². The van der Waals surface area contributed by atoms with Crippen molar-refractivity contribution in [3.05, 3.63) is 0 Å². The average Bonchev–Trinajstić information content (AvgIpc) is 2.14. The first-order valence-corrected chi connectivity index (χ1v) is 5.51. The number of ether oxygens (including phenoxy) is 1. The molecule has 0 heterocycles. The molecule has 0 aliphatic rings. The molecule has 0 aromatic rings. The maximum atomic E-state index is 11.6. The molecule has 0 rings (SSSR count). The van der Waals surface area contributed by atoms with Crippen molar-refractivity contribution in [3.8, 4) is 0 Å². The van der Waals surface area contributed by atoms with Crippen molar-refractivity contribution in [2.75, 3.05) is 32.2 Å². The molecule has 0 amide bonds. The van der Waals surface area contributed by atoms with Crippen LogP contribution in [-0.4, -0.2) is 38.4 Å². The Bertz CT molecular complexity index is 144. The van der Waals surface area contributed by atoms with Gasteiger partial charge in [0.2, 0.25) is 0 Å². The van der Waals surface area contributed by atoms with Gasteiger partial charge in [0.05, 0.1) is 0 Å². The fourth-order valence-electron chi connectivity index (χ4n) is 0.957. The molecular weight excluding hydrogens is 231 g/mol. The Balaban J connectivity index is 2.99. The largest absolute Gasteiger partial charge is 0.411 e. The van der Waals surface area contributed by atoms with Crippen molar-refractivity contribution in [2.45, 2.75) is 25.4 Å². The van der Waals surface area contributed by atoms with Gasteiger partial charge in [-0.25, -0.2) is 0 Å². The van der Waals surface area contributed by atoms with Crippen LogP contribution in [0.3, 0.4) is 0 Å². The minimum absolute atomic E-state index is 0.141. The quantitative estimate of drug-likeness (QED) is 0.500. The summed E-state index contributed by atoms with van der Waals surface area (Å²) >= 11 is 5.47. The molecule has 0 unspecified atom stereocenters. The van der Waals surface area contributed by atoms with Gasteiger partial charge in [0, 0.05) is 12.5 Å². The fourth-order valence-corrected chi connectivity index (χ4v) is 1.15. The summed E-state index contributed by atoms with van der Waals surface area (Å²) in [4.78, 5) is 0. The lowest BCUT2D eigenvalue weighted by molar-refractivity contribution is -0.173. The maximum Gasteiger partial charge on any atom is 0.411 e. The Morgan fingerprint density at radius 3 is 2.33 bits per heavy atom. The summed E-state index contributed by atoms with van der Waals surface area (Å²) in [6.07, 6.45) is -1.67. The molecule has 0 saturated heterocycles. The van der Waals surface area contributed by atoms with Crippen LogP contribution in [0.4, 0.5) is 13.2 Å². The highest BCUT2D eigenvalue weighted by molar-refractivity contribution is 6.17. The number of nitrogens with one attached hydrogen (secondary N) is 1. The van der Waals surface area contributed by atoms with Crippen molar-refractivity contribution in [3.63, 3.8) is 0 Å². The third-order valence-electron chi connectivity index (χ3n) is 1.65.